The van der Waals surface area contributed by atoms with Crippen LogP contribution in [0.4, 0.5) is 0 Å². The van der Waals surface area contributed by atoms with Crippen LogP contribution in [0.3, 0.4) is 0 Å². The zero-order valence-electron chi connectivity index (χ0n) is 11.7. The minimum atomic E-state index is 0.122. The number of halogens is 1. The van der Waals surface area contributed by atoms with Crippen LogP contribution in [0.5, 0.6) is 5.75 Å². The van der Waals surface area contributed by atoms with Gasteiger partial charge in [0.05, 0.1) is 7.11 Å². The summed E-state index contributed by atoms with van der Waals surface area (Å²) in [4.78, 5) is 13.6. The Balaban J connectivity index is 2.62. The van der Waals surface area contributed by atoms with E-state index >= 15 is 0 Å². The average molecular weight is 285 g/mol. The minimum absolute atomic E-state index is 0.122. The number of ether oxygens (including phenoxy) is 1. The summed E-state index contributed by atoms with van der Waals surface area (Å²) >= 11 is 5.97. The molecule has 0 heterocycles. The predicted octanol–water partition coefficient (Wildman–Crippen LogP) is 2.31. The summed E-state index contributed by atoms with van der Waals surface area (Å²) in [6.07, 6.45) is 1.38. The van der Waals surface area contributed by atoms with Crippen LogP contribution in [0.15, 0.2) is 18.2 Å². The van der Waals surface area contributed by atoms with Gasteiger partial charge in [0.15, 0.2) is 0 Å². The Morgan fingerprint density at radius 2 is 2.21 bits per heavy atom. The molecule has 0 fully saturated rings. The lowest BCUT2D eigenvalue weighted by molar-refractivity contribution is -0.130. The minimum Gasteiger partial charge on any atom is -0.496 e. The van der Waals surface area contributed by atoms with E-state index in [0.717, 1.165) is 24.3 Å². The molecule has 1 aromatic rings. The fourth-order valence-electron chi connectivity index (χ4n) is 1.82. The van der Waals surface area contributed by atoms with Crippen molar-refractivity contribution in [3.05, 3.63) is 28.8 Å². The molecule has 4 nitrogen and oxygen atoms in total. The molecule has 0 spiro atoms. The van der Waals surface area contributed by atoms with E-state index in [0.29, 0.717) is 18.0 Å². The molecule has 1 rings (SSSR count). The van der Waals surface area contributed by atoms with Crippen LogP contribution in [0.1, 0.15) is 18.4 Å². The molecule has 1 N–H and O–H groups in total. The fourth-order valence-corrected chi connectivity index (χ4v) is 2.02. The number of amides is 1. The van der Waals surface area contributed by atoms with Gasteiger partial charge in [-0.2, -0.15) is 0 Å². The molecule has 0 saturated carbocycles. The number of rotatable bonds is 7. The van der Waals surface area contributed by atoms with E-state index in [1.165, 1.54) is 0 Å². The van der Waals surface area contributed by atoms with Crippen molar-refractivity contribution in [3.63, 3.8) is 0 Å². The lowest BCUT2D eigenvalue weighted by Crippen LogP contribution is -2.27. The molecule has 1 amide bonds. The van der Waals surface area contributed by atoms with Gasteiger partial charge in [-0.1, -0.05) is 11.6 Å². The first-order chi connectivity index (χ1) is 9.08. The lowest BCUT2D eigenvalue weighted by Gasteiger charge is -2.19. The molecular formula is C14H21ClN2O2. The standard InChI is InChI=1S/C14H21ClN2O2/c1-16-8-4-5-14(18)17(2)10-11-9-12(15)6-7-13(11)19-3/h6-7,9,16H,4-5,8,10H2,1-3H3. The normalized spacial score (nSPS) is 10.3. The number of hydrogen-bond acceptors (Lipinski definition) is 3. The Bertz CT molecular complexity index is 424. The molecule has 0 aliphatic rings. The van der Waals surface area contributed by atoms with Crippen LogP contribution in [-0.2, 0) is 11.3 Å². The highest BCUT2D eigenvalue weighted by Gasteiger charge is 2.12. The smallest absolute Gasteiger partial charge is 0.222 e. The first-order valence-corrected chi connectivity index (χ1v) is 6.67. The highest BCUT2D eigenvalue weighted by Crippen LogP contribution is 2.23. The molecule has 19 heavy (non-hydrogen) atoms. The molecule has 106 valence electrons. The van der Waals surface area contributed by atoms with Crippen molar-refractivity contribution < 1.29 is 9.53 Å². The van der Waals surface area contributed by atoms with Gasteiger partial charge in [0.25, 0.3) is 0 Å². The fraction of sp³-hybridized carbons (Fsp3) is 0.500. The van der Waals surface area contributed by atoms with E-state index in [1.54, 1.807) is 25.1 Å². The van der Waals surface area contributed by atoms with E-state index in [2.05, 4.69) is 5.32 Å². The SMILES string of the molecule is CNCCCC(=O)N(C)Cc1cc(Cl)ccc1OC. The van der Waals surface area contributed by atoms with Crippen LogP contribution < -0.4 is 10.1 Å². The van der Waals surface area contributed by atoms with Crippen LogP contribution >= 0.6 is 11.6 Å². The zero-order chi connectivity index (χ0) is 14.3. The van der Waals surface area contributed by atoms with Crippen molar-refractivity contribution in [2.75, 3.05) is 27.7 Å². The zero-order valence-corrected chi connectivity index (χ0v) is 12.5. The van der Waals surface area contributed by atoms with E-state index in [4.69, 9.17) is 16.3 Å². The van der Waals surface area contributed by atoms with Gasteiger partial charge in [-0.3, -0.25) is 4.79 Å². The number of nitrogens with one attached hydrogen (secondary N) is 1. The van der Waals surface area contributed by atoms with Crippen LogP contribution in [-0.4, -0.2) is 38.6 Å². The molecule has 5 heteroatoms. The van der Waals surface area contributed by atoms with Gasteiger partial charge >= 0.3 is 0 Å². The van der Waals surface area contributed by atoms with Gasteiger partial charge in [0.1, 0.15) is 5.75 Å². The van der Waals surface area contributed by atoms with E-state index in [-0.39, 0.29) is 5.91 Å². The van der Waals surface area contributed by atoms with Gasteiger partial charge in [-0.25, -0.2) is 0 Å². The summed E-state index contributed by atoms with van der Waals surface area (Å²) < 4.78 is 5.27. The Morgan fingerprint density at radius 3 is 2.84 bits per heavy atom. The Labute approximate surface area is 119 Å². The van der Waals surface area contributed by atoms with E-state index < -0.39 is 0 Å². The van der Waals surface area contributed by atoms with Crippen LogP contribution in [0, 0.1) is 0 Å². The Hall–Kier alpha value is -1.26. The monoisotopic (exact) mass is 284 g/mol. The number of methoxy groups -OCH3 is 1. The second-order valence-electron chi connectivity index (χ2n) is 4.41. The number of carbonyl (C=O) groups is 1. The first kappa shape index (κ1) is 15.8. The summed E-state index contributed by atoms with van der Waals surface area (Å²) in [7, 11) is 5.29. The van der Waals surface area contributed by atoms with Crippen molar-refractivity contribution in [1.29, 1.82) is 0 Å². The summed E-state index contributed by atoms with van der Waals surface area (Å²) in [6.45, 7) is 1.35. The number of carbonyl (C=O) groups excluding carboxylic acids is 1. The van der Waals surface area contributed by atoms with Gasteiger partial charge in [-0.15, -0.1) is 0 Å². The predicted molar refractivity (Wildman–Crippen MR) is 77.6 cm³/mol. The topological polar surface area (TPSA) is 41.6 Å². The van der Waals surface area contributed by atoms with Crippen LogP contribution in [0.25, 0.3) is 0 Å². The second-order valence-corrected chi connectivity index (χ2v) is 4.85. The summed E-state index contributed by atoms with van der Waals surface area (Å²) in [5, 5.41) is 3.67. The van der Waals surface area contributed by atoms with Crippen molar-refractivity contribution >= 4 is 17.5 Å². The quantitative estimate of drug-likeness (QED) is 0.781. The van der Waals surface area contributed by atoms with E-state index in [1.807, 2.05) is 19.2 Å². The third-order valence-corrected chi connectivity index (χ3v) is 3.13. The van der Waals surface area contributed by atoms with Crippen molar-refractivity contribution in [1.82, 2.24) is 10.2 Å². The molecule has 0 aliphatic heterocycles. The maximum absolute atomic E-state index is 11.9. The highest BCUT2D eigenvalue weighted by atomic mass is 35.5. The molecule has 0 bridgehead atoms. The van der Waals surface area contributed by atoms with Gasteiger partial charge in [0, 0.05) is 30.6 Å². The first-order valence-electron chi connectivity index (χ1n) is 6.29. The number of benzene rings is 1. The molecular weight excluding hydrogens is 264 g/mol. The Morgan fingerprint density at radius 1 is 1.47 bits per heavy atom. The molecule has 0 aromatic heterocycles. The summed E-state index contributed by atoms with van der Waals surface area (Å²) in [5.41, 5.74) is 0.916. The third-order valence-electron chi connectivity index (χ3n) is 2.89. The average Bonchev–Trinajstić information content (AvgIpc) is 2.39. The molecule has 0 aliphatic carbocycles. The molecule has 0 unspecified atom stereocenters. The van der Waals surface area contributed by atoms with E-state index in [9.17, 15) is 4.79 Å². The molecule has 0 radical (unpaired) electrons. The number of hydrogen-bond donors (Lipinski definition) is 1. The summed E-state index contributed by atoms with van der Waals surface area (Å²) in [6, 6.07) is 5.42. The largest absolute Gasteiger partial charge is 0.496 e. The maximum Gasteiger partial charge on any atom is 0.222 e. The van der Waals surface area contributed by atoms with Gasteiger partial charge in [0.2, 0.25) is 5.91 Å². The molecule has 0 atom stereocenters. The third kappa shape index (κ3) is 5.09. The Kier molecular flexibility index (Phi) is 6.67. The maximum atomic E-state index is 11.9. The molecule has 1 aromatic carbocycles. The molecule has 0 saturated heterocycles. The number of nitrogens with zero attached hydrogens (tertiary/aromatic N) is 1. The van der Waals surface area contributed by atoms with Crippen molar-refractivity contribution in [2.45, 2.75) is 19.4 Å². The summed E-state index contributed by atoms with van der Waals surface area (Å²) in [5.74, 6) is 0.872. The lowest BCUT2D eigenvalue weighted by atomic mass is 10.2. The second kappa shape index (κ2) is 8.02. The van der Waals surface area contributed by atoms with Gasteiger partial charge in [-0.05, 0) is 38.2 Å². The highest BCUT2D eigenvalue weighted by molar-refractivity contribution is 6.30. The van der Waals surface area contributed by atoms with Crippen LogP contribution in [0.2, 0.25) is 5.02 Å². The van der Waals surface area contributed by atoms with Crippen molar-refractivity contribution in [2.24, 2.45) is 0 Å². The van der Waals surface area contributed by atoms with Crippen molar-refractivity contribution in [3.8, 4) is 5.75 Å². The van der Waals surface area contributed by atoms with Gasteiger partial charge < -0.3 is 15.0 Å².